The largest absolute Gasteiger partial charge is 0.354 e. The SMILES string of the molecule is CC(C)c1ccc(CN2CCN(c3ccc(Cl)c(C#N)n3)CC2)cc1. The summed E-state index contributed by atoms with van der Waals surface area (Å²) in [6.45, 7) is 9.20. The van der Waals surface area contributed by atoms with Gasteiger partial charge in [0.1, 0.15) is 11.9 Å². The first kappa shape index (κ1) is 17.7. The van der Waals surface area contributed by atoms with Gasteiger partial charge in [-0.1, -0.05) is 49.7 Å². The topological polar surface area (TPSA) is 43.2 Å². The van der Waals surface area contributed by atoms with Crippen molar-refractivity contribution in [3.05, 3.63) is 58.2 Å². The fourth-order valence-corrected chi connectivity index (χ4v) is 3.24. The van der Waals surface area contributed by atoms with Gasteiger partial charge in [-0.15, -0.1) is 0 Å². The Labute approximate surface area is 154 Å². The zero-order chi connectivity index (χ0) is 17.8. The molecule has 4 nitrogen and oxygen atoms in total. The van der Waals surface area contributed by atoms with Crippen molar-refractivity contribution in [1.29, 1.82) is 5.26 Å². The van der Waals surface area contributed by atoms with Crippen LogP contribution in [-0.4, -0.2) is 36.1 Å². The van der Waals surface area contributed by atoms with E-state index in [9.17, 15) is 0 Å². The average Bonchev–Trinajstić information content (AvgIpc) is 2.63. The highest BCUT2D eigenvalue weighted by Crippen LogP contribution is 2.21. The van der Waals surface area contributed by atoms with Gasteiger partial charge in [-0.2, -0.15) is 5.26 Å². The van der Waals surface area contributed by atoms with Crippen LogP contribution in [0, 0.1) is 11.3 Å². The molecule has 0 bridgehead atoms. The van der Waals surface area contributed by atoms with E-state index in [1.165, 1.54) is 11.1 Å². The minimum Gasteiger partial charge on any atom is -0.354 e. The van der Waals surface area contributed by atoms with Crippen molar-refractivity contribution in [1.82, 2.24) is 9.88 Å². The van der Waals surface area contributed by atoms with Gasteiger partial charge >= 0.3 is 0 Å². The molecule has 1 aromatic carbocycles. The second-order valence-corrected chi connectivity index (χ2v) is 7.18. The predicted octanol–water partition coefficient (Wildman–Crippen LogP) is 4.05. The number of pyridine rings is 1. The Morgan fingerprint density at radius 2 is 1.76 bits per heavy atom. The summed E-state index contributed by atoms with van der Waals surface area (Å²) in [5, 5.41) is 9.49. The maximum absolute atomic E-state index is 9.08. The molecule has 130 valence electrons. The van der Waals surface area contributed by atoms with Crippen LogP contribution in [0.2, 0.25) is 5.02 Å². The number of halogens is 1. The molecule has 1 fully saturated rings. The molecule has 2 aromatic rings. The Morgan fingerprint density at radius 1 is 1.08 bits per heavy atom. The third-order valence-electron chi connectivity index (χ3n) is 4.69. The van der Waals surface area contributed by atoms with Crippen LogP contribution >= 0.6 is 11.6 Å². The van der Waals surface area contributed by atoms with Crippen LogP contribution in [-0.2, 0) is 6.54 Å². The van der Waals surface area contributed by atoms with Crippen molar-refractivity contribution in [3.8, 4) is 6.07 Å². The zero-order valence-electron chi connectivity index (χ0n) is 14.7. The van der Waals surface area contributed by atoms with Gasteiger partial charge in [-0.25, -0.2) is 4.98 Å². The van der Waals surface area contributed by atoms with Crippen LogP contribution in [0.1, 0.15) is 36.6 Å². The second-order valence-electron chi connectivity index (χ2n) is 6.77. The van der Waals surface area contributed by atoms with Gasteiger partial charge in [0.25, 0.3) is 0 Å². The number of nitriles is 1. The summed E-state index contributed by atoms with van der Waals surface area (Å²) in [4.78, 5) is 9.04. The Kier molecular flexibility index (Phi) is 5.57. The normalized spacial score (nSPS) is 15.4. The number of anilines is 1. The summed E-state index contributed by atoms with van der Waals surface area (Å²) in [5.41, 5.74) is 3.04. The number of aromatic nitrogens is 1. The van der Waals surface area contributed by atoms with E-state index >= 15 is 0 Å². The van der Waals surface area contributed by atoms with Crippen molar-refractivity contribution in [3.63, 3.8) is 0 Å². The Bertz CT molecular complexity index is 756. The predicted molar refractivity (Wildman–Crippen MR) is 102 cm³/mol. The lowest BCUT2D eigenvalue weighted by molar-refractivity contribution is 0.249. The van der Waals surface area contributed by atoms with Crippen LogP contribution in [0.25, 0.3) is 0 Å². The van der Waals surface area contributed by atoms with Gasteiger partial charge in [0.2, 0.25) is 0 Å². The molecule has 0 saturated carbocycles. The van der Waals surface area contributed by atoms with E-state index in [-0.39, 0.29) is 0 Å². The zero-order valence-corrected chi connectivity index (χ0v) is 15.5. The number of piperazine rings is 1. The van der Waals surface area contributed by atoms with E-state index < -0.39 is 0 Å². The number of rotatable bonds is 4. The lowest BCUT2D eigenvalue weighted by atomic mass is 10.0. The third kappa shape index (κ3) is 4.31. The minimum absolute atomic E-state index is 0.298. The average molecular weight is 355 g/mol. The molecule has 1 saturated heterocycles. The van der Waals surface area contributed by atoms with Crippen molar-refractivity contribution in [2.45, 2.75) is 26.3 Å². The molecule has 25 heavy (non-hydrogen) atoms. The first-order valence-electron chi connectivity index (χ1n) is 8.69. The summed E-state index contributed by atoms with van der Waals surface area (Å²) in [5.74, 6) is 1.41. The van der Waals surface area contributed by atoms with Crippen LogP contribution in [0.3, 0.4) is 0 Å². The van der Waals surface area contributed by atoms with Crippen LogP contribution < -0.4 is 4.90 Å². The molecule has 5 heteroatoms. The lowest BCUT2D eigenvalue weighted by Gasteiger charge is -2.35. The molecule has 0 unspecified atom stereocenters. The first-order chi connectivity index (χ1) is 12.1. The van der Waals surface area contributed by atoms with Crippen LogP contribution in [0.15, 0.2) is 36.4 Å². The molecule has 0 radical (unpaired) electrons. The number of hydrogen-bond acceptors (Lipinski definition) is 4. The maximum atomic E-state index is 9.08. The molecule has 0 spiro atoms. The van der Waals surface area contributed by atoms with Crippen molar-refractivity contribution in [2.75, 3.05) is 31.1 Å². The highest BCUT2D eigenvalue weighted by molar-refractivity contribution is 6.31. The summed E-state index contributed by atoms with van der Waals surface area (Å²) in [7, 11) is 0. The molecule has 2 heterocycles. The monoisotopic (exact) mass is 354 g/mol. The quantitative estimate of drug-likeness (QED) is 0.830. The van der Waals surface area contributed by atoms with Gasteiger partial charge in [-0.05, 0) is 29.2 Å². The summed E-state index contributed by atoms with van der Waals surface area (Å²) in [6.07, 6.45) is 0. The molecule has 3 rings (SSSR count). The summed E-state index contributed by atoms with van der Waals surface area (Å²) in [6, 6.07) is 14.6. The third-order valence-corrected chi connectivity index (χ3v) is 4.99. The fourth-order valence-electron chi connectivity index (χ4n) is 3.09. The number of hydrogen-bond donors (Lipinski definition) is 0. The number of nitrogens with zero attached hydrogens (tertiary/aromatic N) is 4. The molecule has 0 N–H and O–H groups in total. The van der Waals surface area contributed by atoms with Crippen molar-refractivity contribution in [2.24, 2.45) is 0 Å². The minimum atomic E-state index is 0.298. The molecule has 1 aromatic heterocycles. The molecular weight excluding hydrogens is 332 g/mol. The molecule has 0 aliphatic carbocycles. The van der Waals surface area contributed by atoms with Crippen LogP contribution in [0.5, 0.6) is 0 Å². The van der Waals surface area contributed by atoms with Gasteiger partial charge < -0.3 is 4.90 Å². The molecule has 1 aliphatic rings. The first-order valence-corrected chi connectivity index (χ1v) is 9.07. The smallest absolute Gasteiger partial charge is 0.161 e. The summed E-state index contributed by atoms with van der Waals surface area (Å²) < 4.78 is 0. The molecular formula is C20H23ClN4. The summed E-state index contributed by atoms with van der Waals surface area (Å²) >= 11 is 5.97. The Balaban J connectivity index is 1.57. The van der Waals surface area contributed by atoms with Crippen molar-refractivity contribution < 1.29 is 0 Å². The standard InChI is InChI=1S/C20H23ClN4/c1-15(2)17-5-3-16(4-6-17)14-24-9-11-25(12-10-24)20-8-7-18(21)19(13-22)23-20/h3-8,15H,9-12,14H2,1-2H3. The lowest BCUT2D eigenvalue weighted by Crippen LogP contribution is -2.46. The van der Waals surface area contributed by atoms with Crippen molar-refractivity contribution >= 4 is 17.4 Å². The van der Waals surface area contributed by atoms with Gasteiger partial charge in [0.05, 0.1) is 5.02 Å². The van der Waals surface area contributed by atoms with E-state index in [1.807, 2.05) is 12.1 Å². The van der Waals surface area contributed by atoms with E-state index in [0.717, 1.165) is 38.5 Å². The highest BCUT2D eigenvalue weighted by atomic mass is 35.5. The highest BCUT2D eigenvalue weighted by Gasteiger charge is 2.19. The van der Waals surface area contributed by atoms with E-state index in [4.69, 9.17) is 16.9 Å². The fraction of sp³-hybridized carbons (Fsp3) is 0.400. The number of benzene rings is 1. The van der Waals surface area contributed by atoms with E-state index in [0.29, 0.717) is 16.6 Å². The molecule has 0 amide bonds. The Morgan fingerprint density at radius 3 is 2.36 bits per heavy atom. The maximum Gasteiger partial charge on any atom is 0.161 e. The second kappa shape index (κ2) is 7.86. The van der Waals surface area contributed by atoms with Gasteiger partial charge in [-0.3, -0.25) is 4.90 Å². The Hall–Kier alpha value is -2.09. The van der Waals surface area contributed by atoms with Gasteiger partial charge in [0.15, 0.2) is 5.69 Å². The van der Waals surface area contributed by atoms with Crippen LogP contribution in [0.4, 0.5) is 5.82 Å². The van der Waals surface area contributed by atoms with E-state index in [2.05, 4.69) is 52.9 Å². The molecule has 0 atom stereocenters. The van der Waals surface area contributed by atoms with E-state index in [1.54, 1.807) is 6.07 Å². The molecule has 1 aliphatic heterocycles. The van der Waals surface area contributed by atoms with Gasteiger partial charge in [0, 0.05) is 32.7 Å².